The number of rotatable bonds is 5. The molecule has 3 heteroatoms. The van der Waals surface area contributed by atoms with Crippen LogP contribution in [0, 0.1) is 0 Å². The number of Topliss-reactive ketones (excluding diaryl/α,β-unsaturated/α-hetero) is 1. The van der Waals surface area contributed by atoms with Gasteiger partial charge in [0.2, 0.25) is 0 Å². The van der Waals surface area contributed by atoms with Crippen LogP contribution in [-0.2, 0) is 17.9 Å². The van der Waals surface area contributed by atoms with Gasteiger partial charge in [-0.1, -0.05) is 60.7 Å². The van der Waals surface area contributed by atoms with E-state index in [0.717, 1.165) is 31.6 Å². The normalized spacial score (nSPS) is 14.6. The zero-order valence-electron chi connectivity index (χ0n) is 13.3. The van der Waals surface area contributed by atoms with Gasteiger partial charge in [-0.2, -0.15) is 5.10 Å². The Hall–Kier alpha value is -2.42. The molecule has 0 atom stereocenters. The van der Waals surface area contributed by atoms with Crippen LogP contribution in [0.4, 0.5) is 0 Å². The third-order valence-corrected chi connectivity index (χ3v) is 4.08. The lowest BCUT2D eigenvalue weighted by molar-refractivity contribution is -0.119. The lowest BCUT2D eigenvalue weighted by Crippen LogP contribution is -2.22. The molecule has 1 aliphatic rings. The van der Waals surface area contributed by atoms with E-state index in [4.69, 9.17) is 5.10 Å². The Morgan fingerprint density at radius 2 is 1.22 bits per heavy atom. The minimum atomic E-state index is 0.363. The number of ketones is 1. The number of carbonyl (C=O) groups is 1. The summed E-state index contributed by atoms with van der Waals surface area (Å²) in [5.41, 5.74) is 3.65. The number of nitrogens with zero attached hydrogens (tertiary/aromatic N) is 2. The summed E-state index contributed by atoms with van der Waals surface area (Å²) in [7, 11) is 0. The monoisotopic (exact) mass is 306 g/mol. The molecule has 2 aromatic rings. The Morgan fingerprint density at radius 3 is 1.70 bits per heavy atom. The topological polar surface area (TPSA) is 32.7 Å². The quantitative estimate of drug-likeness (QED) is 0.776. The van der Waals surface area contributed by atoms with Gasteiger partial charge in [0.05, 0.1) is 13.1 Å². The van der Waals surface area contributed by atoms with Crippen molar-refractivity contribution in [2.45, 2.75) is 38.8 Å². The van der Waals surface area contributed by atoms with Gasteiger partial charge in [0.25, 0.3) is 0 Å². The molecule has 0 amide bonds. The summed E-state index contributed by atoms with van der Waals surface area (Å²) in [5, 5.41) is 6.98. The molecule has 1 fully saturated rings. The van der Waals surface area contributed by atoms with Gasteiger partial charge >= 0.3 is 0 Å². The van der Waals surface area contributed by atoms with E-state index in [1.54, 1.807) is 0 Å². The second kappa shape index (κ2) is 7.73. The Kier molecular flexibility index (Phi) is 5.20. The summed E-state index contributed by atoms with van der Waals surface area (Å²) in [6.07, 6.45) is 2.89. The first-order chi connectivity index (χ1) is 11.3. The van der Waals surface area contributed by atoms with Crippen LogP contribution in [0.2, 0.25) is 0 Å². The zero-order valence-corrected chi connectivity index (χ0v) is 13.3. The molecule has 0 aliphatic heterocycles. The second-order valence-electron chi connectivity index (χ2n) is 6.00. The first-order valence-corrected chi connectivity index (χ1v) is 8.20. The number of benzene rings is 2. The smallest absolute Gasteiger partial charge is 0.133 e. The molecule has 0 radical (unpaired) electrons. The van der Waals surface area contributed by atoms with Crippen molar-refractivity contribution < 1.29 is 4.79 Å². The first kappa shape index (κ1) is 15.5. The van der Waals surface area contributed by atoms with E-state index in [0.29, 0.717) is 18.6 Å². The van der Waals surface area contributed by atoms with E-state index < -0.39 is 0 Å². The molecule has 2 aromatic carbocycles. The van der Waals surface area contributed by atoms with Gasteiger partial charge in [-0.3, -0.25) is 9.80 Å². The van der Waals surface area contributed by atoms with E-state index in [2.05, 4.69) is 53.5 Å². The van der Waals surface area contributed by atoms with Crippen LogP contribution in [0.1, 0.15) is 36.8 Å². The largest absolute Gasteiger partial charge is 0.300 e. The highest BCUT2D eigenvalue weighted by molar-refractivity contribution is 5.95. The van der Waals surface area contributed by atoms with Gasteiger partial charge in [-0.05, 0) is 24.0 Å². The SMILES string of the molecule is O=C1CCC(=NN(Cc2ccccc2)Cc2ccccc2)CC1. The molecule has 0 heterocycles. The van der Waals surface area contributed by atoms with Crippen LogP contribution < -0.4 is 0 Å². The highest BCUT2D eigenvalue weighted by atomic mass is 16.1. The molecule has 1 aliphatic carbocycles. The van der Waals surface area contributed by atoms with E-state index in [1.165, 1.54) is 11.1 Å². The molecule has 3 nitrogen and oxygen atoms in total. The van der Waals surface area contributed by atoms with Gasteiger partial charge in [-0.15, -0.1) is 0 Å². The van der Waals surface area contributed by atoms with Crippen LogP contribution in [0.3, 0.4) is 0 Å². The molecule has 0 saturated heterocycles. The molecule has 118 valence electrons. The number of hydrazone groups is 1. The summed E-state index contributed by atoms with van der Waals surface area (Å²) in [6, 6.07) is 20.8. The fourth-order valence-electron chi connectivity index (χ4n) is 2.83. The predicted molar refractivity (Wildman–Crippen MR) is 93.0 cm³/mol. The molecule has 0 aromatic heterocycles. The number of hydrogen-bond acceptors (Lipinski definition) is 3. The van der Waals surface area contributed by atoms with E-state index >= 15 is 0 Å². The summed E-state index contributed by atoms with van der Waals surface area (Å²) < 4.78 is 0. The Bertz CT molecular complexity index is 611. The average molecular weight is 306 g/mol. The standard InChI is InChI=1S/C20H22N2O/c23-20-13-11-19(12-14-20)21-22(15-17-7-3-1-4-8-17)16-18-9-5-2-6-10-18/h1-10H,11-16H2. The zero-order chi connectivity index (χ0) is 15.9. The fraction of sp³-hybridized carbons (Fsp3) is 0.300. The maximum atomic E-state index is 11.4. The molecular weight excluding hydrogens is 284 g/mol. The molecule has 1 saturated carbocycles. The molecule has 0 N–H and O–H groups in total. The van der Waals surface area contributed by atoms with Crippen molar-refractivity contribution in [1.29, 1.82) is 0 Å². The van der Waals surface area contributed by atoms with Crippen LogP contribution in [0.5, 0.6) is 0 Å². The van der Waals surface area contributed by atoms with Gasteiger partial charge in [-0.25, -0.2) is 0 Å². The third kappa shape index (κ3) is 4.78. The second-order valence-corrected chi connectivity index (χ2v) is 6.00. The molecule has 0 unspecified atom stereocenters. The third-order valence-electron chi connectivity index (χ3n) is 4.08. The number of carbonyl (C=O) groups excluding carboxylic acids is 1. The highest BCUT2D eigenvalue weighted by Crippen LogP contribution is 2.16. The molecule has 0 bridgehead atoms. The first-order valence-electron chi connectivity index (χ1n) is 8.20. The van der Waals surface area contributed by atoms with Crippen LogP contribution >= 0.6 is 0 Å². The van der Waals surface area contributed by atoms with Gasteiger partial charge < -0.3 is 0 Å². The van der Waals surface area contributed by atoms with Crippen molar-refractivity contribution >= 4 is 11.5 Å². The van der Waals surface area contributed by atoms with Crippen molar-refractivity contribution in [2.24, 2.45) is 5.10 Å². The molecule has 3 rings (SSSR count). The minimum absolute atomic E-state index is 0.363. The van der Waals surface area contributed by atoms with Gasteiger partial charge in [0.1, 0.15) is 5.78 Å². The van der Waals surface area contributed by atoms with Crippen molar-refractivity contribution in [3.8, 4) is 0 Å². The van der Waals surface area contributed by atoms with Crippen molar-refractivity contribution in [1.82, 2.24) is 5.01 Å². The maximum Gasteiger partial charge on any atom is 0.133 e. The van der Waals surface area contributed by atoms with E-state index in [1.807, 2.05) is 12.1 Å². The summed E-state index contributed by atoms with van der Waals surface area (Å²) >= 11 is 0. The molecular formula is C20H22N2O. The highest BCUT2D eigenvalue weighted by Gasteiger charge is 2.15. The predicted octanol–water partition coefficient (Wildman–Crippen LogP) is 4.19. The Balaban J connectivity index is 1.75. The summed E-state index contributed by atoms with van der Waals surface area (Å²) in [5.74, 6) is 0.363. The van der Waals surface area contributed by atoms with Crippen LogP contribution in [-0.4, -0.2) is 16.5 Å². The lowest BCUT2D eigenvalue weighted by atomic mass is 9.97. The van der Waals surface area contributed by atoms with Gasteiger partial charge in [0, 0.05) is 18.6 Å². The Labute approximate surface area is 137 Å². The fourth-order valence-corrected chi connectivity index (χ4v) is 2.83. The van der Waals surface area contributed by atoms with Crippen LogP contribution in [0.15, 0.2) is 65.8 Å². The summed E-state index contributed by atoms with van der Waals surface area (Å²) in [6.45, 7) is 1.57. The summed E-state index contributed by atoms with van der Waals surface area (Å²) in [4.78, 5) is 11.4. The van der Waals surface area contributed by atoms with Crippen molar-refractivity contribution in [2.75, 3.05) is 0 Å². The molecule has 0 spiro atoms. The Morgan fingerprint density at radius 1 is 0.739 bits per heavy atom. The van der Waals surface area contributed by atoms with E-state index in [-0.39, 0.29) is 0 Å². The van der Waals surface area contributed by atoms with Gasteiger partial charge in [0.15, 0.2) is 0 Å². The van der Waals surface area contributed by atoms with Crippen molar-refractivity contribution in [3.63, 3.8) is 0 Å². The molecule has 23 heavy (non-hydrogen) atoms. The number of hydrogen-bond donors (Lipinski definition) is 0. The minimum Gasteiger partial charge on any atom is -0.300 e. The lowest BCUT2D eigenvalue weighted by Gasteiger charge is -2.22. The van der Waals surface area contributed by atoms with Crippen molar-refractivity contribution in [3.05, 3.63) is 71.8 Å². The van der Waals surface area contributed by atoms with Crippen LogP contribution in [0.25, 0.3) is 0 Å². The van der Waals surface area contributed by atoms with E-state index in [9.17, 15) is 4.79 Å². The maximum absolute atomic E-state index is 11.4. The average Bonchev–Trinajstić information content (AvgIpc) is 2.59.